The van der Waals surface area contributed by atoms with E-state index in [9.17, 15) is 24.8 Å². The van der Waals surface area contributed by atoms with Crippen LogP contribution in [0.5, 0.6) is 11.5 Å². The van der Waals surface area contributed by atoms with E-state index < -0.39 is 28.4 Å². The normalized spacial score (nSPS) is 17.0. The van der Waals surface area contributed by atoms with Crippen molar-refractivity contribution in [2.75, 3.05) is 19.1 Å². The fraction of sp³-hybridized carbons (Fsp3) is 0.120. The number of benzene rings is 3. The van der Waals surface area contributed by atoms with Gasteiger partial charge in [-0.05, 0) is 54.1 Å². The molecule has 1 saturated heterocycles. The molecule has 3 aromatic carbocycles. The van der Waals surface area contributed by atoms with Crippen molar-refractivity contribution in [2.24, 2.45) is 0 Å². The number of non-ortho nitro benzene ring substituents is 1. The largest absolute Gasteiger partial charge is 0.507 e. The third kappa shape index (κ3) is 3.95. The molecule has 1 heterocycles. The van der Waals surface area contributed by atoms with Crippen molar-refractivity contribution >= 4 is 28.8 Å². The maximum absolute atomic E-state index is 13.1. The van der Waals surface area contributed by atoms with Gasteiger partial charge in [-0.1, -0.05) is 12.1 Å². The molecule has 4 rings (SSSR count). The van der Waals surface area contributed by atoms with Crippen LogP contribution in [0.25, 0.3) is 5.76 Å². The number of ether oxygens (including phenoxy) is 2. The summed E-state index contributed by atoms with van der Waals surface area (Å²) in [5, 5.41) is 22.1. The molecule has 1 atom stereocenters. The number of Topliss-reactive ketones (excluding diaryl/α,β-unsaturated/α-hetero) is 1. The van der Waals surface area contributed by atoms with Gasteiger partial charge in [-0.3, -0.25) is 24.6 Å². The Hall–Kier alpha value is -4.66. The van der Waals surface area contributed by atoms with E-state index in [0.29, 0.717) is 22.7 Å². The van der Waals surface area contributed by atoms with Gasteiger partial charge >= 0.3 is 0 Å². The highest BCUT2D eigenvalue weighted by Crippen LogP contribution is 2.42. The van der Waals surface area contributed by atoms with Gasteiger partial charge in [0.2, 0.25) is 0 Å². The first kappa shape index (κ1) is 22.5. The van der Waals surface area contributed by atoms with Crippen molar-refractivity contribution in [1.82, 2.24) is 0 Å². The molecular weight excluding hydrogens is 440 g/mol. The number of carbonyl (C=O) groups is 2. The predicted molar refractivity (Wildman–Crippen MR) is 124 cm³/mol. The Labute approximate surface area is 194 Å². The van der Waals surface area contributed by atoms with E-state index in [2.05, 4.69) is 0 Å². The lowest BCUT2D eigenvalue weighted by Gasteiger charge is -2.25. The van der Waals surface area contributed by atoms with Crippen LogP contribution in [0, 0.1) is 10.1 Å². The standard InChI is InChI=1S/C25H20N2O7/c1-33-19-11-5-15(6-12-19)22-21(23(28)16-3-7-18(8-4-16)27(31)32)24(29)25(30)26(22)17-9-13-20(34-2)14-10-17/h3-14,22,28H,1-2H3/t22-/m1/s1. The lowest BCUT2D eigenvalue weighted by molar-refractivity contribution is -0.384. The molecule has 172 valence electrons. The lowest BCUT2D eigenvalue weighted by Crippen LogP contribution is -2.29. The highest BCUT2D eigenvalue weighted by molar-refractivity contribution is 6.51. The van der Waals surface area contributed by atoms with Crippen molar-refractivity contribution in [3.05, 3.63) is 99.6 Å². The fourth-order valence-electron chi connectivity index (χ4n) is 3.84. The molecule has 3 aromatic rings. The van der Waals surface area contributed by atoms with Crippen molar-refractivity contribution in [3.63, 3.8) is 0 Å². The number of aliphatic hydroxyl groups is 1. The van der Waals surface area contributed by atoms with Gasteiger partial charge in [0.25, 0.3) is 17.4 Å². The van der Waals surface area contributed by atoms with E-state index >= 15 is 0 Å². The zero-order valence-electron chi connectivity index (χ0n) is 18.3. The molecule has 0 aliphatic carbocycles. The minimum absolute atomic E-state index is 0.125. The highest BCUT2D eigenvalue weighted by Gasteiger charge is 2.47. The van der Waals surface area contributed by atoms with Gasteiger partial charge < -0.3 is 14.6 Å². The Morgan fingerprint density at radius 3 is 1.91 bits per heavy atom. The third-order valence-electron chi connectivity index (χ3n) is 5.58. The molecule has 1 N–H and O–H groups in total. The van der Waals surface area contributed by atoms with Gasteiger partial charge in [0.05, 0.1) is 30.8 Å². The molecule has 1 aliphatic rings. The number of hydrogen-bond acceptors (Lipinski definition) is 7. The molecule has 0 aromatic heterocycles. The minimum Gasteiger partial charge on any atom is -0.507 e. The topological polar surface area (TPSA) is 119 Å². The van der Waals surface area contributed by atoms with Crippen LogP contribution < -0.4 is 14.4 Å². The second kappa shape index (κ2) is 9.07. The monoisotopic (exact) mass is 460 g/mol. The van der Waals surface area contributed by atoms with Gasteiger partial charge in [0.1, 0.15) is 17.3 Å². The van der Waals surface area contributed by atoms with Gasteiger partial charge in [-0.15, -0.1) is 0 Å². The molecule has 0 bridgehead atoms. The molecule has 1 amide bonds. The Balaban J connectivity index is 1.88. The highest BCUT2D eigenvalue weighted by atomic mass is 16.6. The minimum atomic E-state index is -0.936. The van der Waals surface area contributed by atoms with Crippen molar-refractivity contribution < 1.29 is 29.1 Å². The second-order valence-electron chi connectivity index (χ2n) is 7.44. The number of ketones is 1. The molecule has 9 nitrogen and oxygen atoms in total. The van der Waals surface area contributed by atoms with E-state index in [0.717, 1.165) is 0 Å². The molecule has 1 fully saturated rings. The average molecular weight is 460 g/mol. The molecular formula is C25H20N2O7. The number of nitrogens with zero attached hydrogens (tertiary/aromatic N) is 2. The van der Waals surface area contributed by atoms with Crippen LogP contribution in [0.15, 0.2) is 78.4 Å². The average Bonchev–Trinajstić information content (AvgIpc) is 3.14. The Morgan fingerprint density at radius 2 is 1.41 bits per heavy atom. The van der Waals surface area contributed by atoms with E-state index in [4.69, 9.17) is 9.47 Å². The number of hydrogen-bond donors (Lipinski definition) is 1. The van der Waals surface area contributed by atoms with Crippen LogP contribution in [0.3, 0.4) is 0 Å². The summed E-state index contributed by atoms with van der Waals surface area (Å²) in [4.78, 5) is 38.0. The second-order valence-corrected chi connectivity index (χ2v) is 7.44. The molecule has 9 heteroatoms. The van der Waals surface area contributed by atoms with E-state index in [1.54, 1.807) is 48.5 Å². The smallest absolute Gasteiger partial charge is 0.300 e. The number of amides is 1. The maximum Gasteiger partial charge on any atom is 0.300 e. The number of aliphatic hydroxyl groups excluding tert-OH is 1. The quantitative estimate of drug-likeness (QED) is 0.192. The summed E-state index contributed by atoms with van der Waals surface area (Å²) in [6.07, 6.45) is 0. The Morgan fingerprint density at radius 1 is 0.882 bits per heavy atom. The number of rotatable bonds is 6. The zero-order chi connectivity index (χ0) is 24.4. The van der Waals surface area contributed by atoms with E-state index in [1.165, 1.54) is 43.4 Å². The van der Waals surface area contributed by atoms with Crippen molar-refractivity contribution in [1.29, 1.82) is 0 Å². The van der Waals surface area contributed by atoms with E-state index in [-0.39, 0.29) is 16.8 Å². The van der Waals surface area contributed by atoms with Gasteiger partial charge in [0.15, 0.2) is 0 Å². The molecule has 34 heavy (non-hydrogen) atoms. The predicted octanol–water partition coefficient (Wildman–Crippen LogP) is 4.24. The summed E-state index contributed by atoms with van der Waals surface area (Å²) >= 11 is 0. The summed E-state index contributed by atoms with van der Waals surface area (Å²) in [6, 6.07) is 17.6. The molecule has 0 radical (unpaired) electrons. The van der Waals surface area contributed by atoms with Crippen molar-refractivity contribution in [3.8, 4) is 11.5 Å². The summed E-state index contributed by atoms with van der Waals surface area (Å²) < 4.78 is 10.4. The number of nitro benzene ring substituents is 1. The third-order valence-corrected chi connectivity index (χ3v) is 5.58. The lowest BCUT2D eigenvalue weighted by atomic mass is 9.95. The number of nitro groups is 1. The number of methoxy groups -OCH3 is 2. The number of carbonyl (C=O) groups excluding carboxylic acids is 2. The number of anilines is 1. The van der Waals surface area contributed by atoms with E-state index in [1.807, 2.05) is 0 Å². The molecule has 0 unspecified atom stereocenters. The summed E-state index contributed by atoms with van der Waals surface area (Å²) in [5.74, 6) is -0.945. The van der Waals surface area contributed by atoms with Gasteiger partial charge in [-0.25, -0.2) is 0 Å². The Bertz CT molecular complexity index is 1280. The van der Waals surface area contributed by atoms with Crippen molar-refractivity contribution in [2.45, 2.75) is 6.04 Å². The molecule has 0 saturated carbocycles. The Kier molecular flexibility index (Phi) is 6.01. The van der Waals surface area contributed by atoms with Crippen LogP contribution >= 0.6 is 0 Å². The van der Waals surface area contributed by atoms with Crippen LogP contribution in [-0.2, 0) is 9.59 Å². The van der Waals surface area contributed by atoms with Gasteiger partial charge in [-0.2, -0.15) is 0 Å². The van der Waals surface area contributed by atoms with Crippen LogP contribution in [0.2, 0.25) is 0 Å². The summed E-state index contributed by atoms with van der Waals surface area (Å²) in [6.45, 7) is 0. The van der Waals surface area contributed by atoms with Crippen LogP contribution in [-0.4, -0.2) is 35.9 Å². The van der Waals surface area contributed by atoms with Crippen LogP contribution in [0.4, 0.5) is 11.4 Å². The first-order chi connectivity index (χ1) is 16.3. The van der Waals surface area contributed by atoms with Gasteiger partial charge in [0, 0.05) is 23.4 Å². The first-order valence-electron chi connectivity index (χ1n) is 10.2. The molecule has 1 aliphatic heterocycles. The summed E-state index contributed by atoms with van der Waals surface area (Å²) in [5.41, 5.74) is 0.893. The SMILES string of the molecule is COc1ccc([C@@H]2C(=C(O)c3ccc([N+](=O)[O-])cc3)C(=O)C(=O)N2c2ccc(OC)cc2)cc1. The first-order valence-corrected chi connectivity index (χ1v) is 10.2. The summed E-state index contributed by atoms with van der Waals surface area (Å²) in [7, 11) is 3.04. The van der Waals surface area contributed by atoms with Crippen LogP contribution in [0.1, 0.15) is 17.2 Å². The molecule has 0 spiro atoms. The maximum atomic E-state index is 13.1. The fourth-order valence-corrected chi connectivity index (χ4v) is 3.84. The zero-order valence-corrected chi connectivity index (χ0v) is 18.3.